The first kappa shape index (κ1) is 14.5. The Morgan fingerprint density at radius 3 is 1.36 bits per heavy atom. The summed E-state index contributed by atoms with van der Waals surface area (Å²) in [6.45, 7) is 0. The Hall–Kier alpha value is -2.45. The van der Waals surface area contributed by atoms with E-state index in [1.165, 1.54) is 21.5 Å². The van der Waals surface area contributed by atoms with Crippen LogP contribution in [0.25, 0.3) is 21.5 Å². The van der Waals surface area contributed by atoms with Crippen LogP contribution in [0.5, 0.6) is 0 Å². The molecular weight excluding hydrogens is 286 g/mol. The number of hydrogen-bond donors (Lipinski definition) is 1. The molecule has 0 amide bonds. The van der Waals surface area contributed by atoms with E-state index in [4.69, 9.17) is 0 Å². The van der Waals surface area contributed by atoms with Gasteiger partial charge in [-0.25, -0.2) is 0 Å². The second-order valence-corrected chi connectivity index (χ2v) is 5.18. The van der Waals surface area contributed by atoms with Crippen molar-refractivity contribution in [1.82, 2.24) is 0 Å². The Labute approximate surface area is 137 Å². The van der Waals surface area contributed by atoms with Crippen LogP contribution in [0, 0.1) is 0 Å². The highest BCUT2D eigenvalue weighted by Gasteiger charge is 2.03. The second kappa shape index (κ2) is 6.12. The van der Waals surface area contributed by atoms with Gasteiger partial charge in [0.25, 0.3) is 0 Å². The van der Waals surface area contributed by atoms with Gasteiger partial charge in [-0.15, -0.1) is 0 Å². The number of hydrogen-bond acceptors (Lipinski definition) is 1. The number of fused-ring (bicyclic) bond motifs is 2. The minimum absolute atomic E-state index is 0. The molecule has 0 atom stereocenters. The molecule has 0 saturated carbocycles. The van der Waals surface area contributed by atoms with Crippen molar-refractivity contribution < 1.29 is 0 Å². The topological polar surface area (TPSA) is 12.0 Å². The molecule has 0 saturated heterocycles. The average molecular weight is 301 g/mol. The van der Waals surface area contributed by atoms with Crippen molar-refractivity contribution in [2.24, 2.45) is 0 Å². The second-order valence-electron chi connectivity index (χ2n) is 5.18. The van der Waals surface area contributed by atoms with E-state index in [1.807, 2.05) is 0 Å². The van der Waals surface area contributed by atoms with Crippen molar-refractivity contribution in [1.29, 1.82) is 0 Å². The van der Waals surface area contributed by atoms with Gasteiger partial charge in [0.1, 0.15) is 0 Å². The Bertz CT molecular complexity index is 843. The summed E-state index contributed by atoms with van der Waals surface area (Å²) in [7, 11) is 0. The van der Waals surface area contributed by atoms with E-state index in [0.29, 0.717) is 0 Å². The number of anilines is 2. The maximum absolute atomic E-state index is 3.59. The molecule has 22 heavy (non-hydrogen) atoms. The zero-order valence-electron chi connectivity index (χ0n) is 12.0. The summed E-state index contributed by atoms with van der Waals surface area (Å²) in [6.07, 6.45) is 0. The first-order valence-electron chi connectivity index (χ1n) is 7.14. The maximum Gasteiger partial charge on any atom is 0.0464 e. The van der Waals surface area contributed by atoms with Crippen LogP contribution in [-0.4, -0.2) is 0 Å². The molecule has 0 aliphatic heterocycles. The van der Waals surface area contributed by atoms with Crippen molar-refractivity contribution in [2.45, 2.75) is 0 Å². The first-order chi connectivity index (χ1) is 10.4. The molecule has 0 spiro atoms. The summed E-state index contributed by atoms with van der Waals surface area (Å²) < 4.78 is 0. The zero-order valence-corrected chi connectivity index (χ0v) is 12.8. The van der Waals surface area contributed by atoms with E-state index in [-0.39, 0.29) is 13.5 Å². The lowest BCUT2D eigenvalue weighted by molar-refractivity contribution is 1.61. The van der Waals surface area contributed by atoms with Gasteiger partial charge in [-0.1, -0.05) is 72.8 Å². The monoisotopic (exact) mass is 301 g/mol. The number of nitrogens with one attached hydrogen (secondary N) is 1. The summed E-state index contributed by atoms with van der Waals surface area (Å²) in [5.74, 6) is 0. The van der Waals surface area contributed by atoms with E-state index in [0.717, 1.165) is 11.4 Å². The van der Waals surface area contributed by atoms with Gasteiger partial charge in [-0.3, -0.25) is 0 Å². The SMILES string of the molecule is [S].c1ccc2c(Nc3cccc4ccccc34)cccc2c1. The van der Waals surface area contributed by atoms with E-state index >= 15 is 0 Å². The lowest BCUT2D eigenvalue weighted by Crippen LogP contribution is -1.92. The van der Waals surface area contributed by atoms with Crippen LogP contribution in [-0.2, 0) is 0 Å². The lowest BCUT2D eigenvalue weighted by Gasteiger charge is -2.12. The molecule has 1 nitrogen and oxygen atoms in total. The molecule has 2 radical (unpaired) electrons. The Kier molecular flexibility index (Phi) is 4.03. The molecule has 106 valence electrons. The van der Waals surface area contributed by atoms with Gasteiger partial charge < -0.3 is 5.32 Å². The molecule has 0 aromatic heterocycles. The third-order valence-corrected chi connectivity index (χ3v) is 3.85. The third-order valence-electron chi connectivity index (χ3n) is 3.85. The molecule has 0 aliphatic rings. The van der Waals surface area contributed by atoms with Gasteiger partial charge in [-0.05, 0) is 22.9 Å². The highest BCUT2D eigenvalue weighted by Crippen LogP contribution is 2.30. The quantitative estimate of drug-likeness (QED) is 0.452. The van der Waals surface area contributed by atoms with Crippen LogP contribution in [0.3, 0.4) is 0 Å². The largest absolute Gasteiger partial charge is 0.355 e. The molecule has 4 aromatic carbocycles. The van der Waals surface area contributed by atoms with Gasteiger partial charge >= 0.3 is 0 Å². The molecule has 0 aliphatic carbocycles. The van der Waals surface area contributed by atoms with Crippen molar-refractivity contribution in [3.05, 3.63) is 84.9 Å². The molecule has 0 bridgehead atoms. The van der Waals surface area contributed by atoms with Gasteiger partial charge in [0.15, 0.2) is 0 Å². The predicted octanol–water partition coefficient (Wildman–Crippen LogP) is 6.38. The maximum atomic E-state index is 3.59. The summed E-state index contributed by atoms with van der Waals surface area (Å²) in [5, 5.41) is 8.58. The minimum Gasteiger partial charge on any atom is -0.355 e. The summed E-state index contributed by atoms with van der Waals surface area (Å²) in [5.41, 5.74) is 2.29. The lowest BCUT2D eigenvalue weighted by atomic mass is 10.1. The van der Waals surface area contributed by atoms with Crippen molar-refractivity contribution in [3.63, 3.8) is 0 Å². The highest BCUT2D eigenvalue weighted by molar-refractivity contribution is 7.59. The fourth-order valence-electron chi connectivity index (χ4n) is 2.81. The van der Waals surface area contributed by atoms with E-state index in [2.05, 4.69) is 90.2 Å². The van der Waals surface area contributed by atoms with Gasteiger partial charge in [0, 0.05) is 35.6 Å². The first-order valence-corrected chi connectivity index (χ1v) is 7.14. The predicted molar refractivity (Wildman–Crippen MR) is 98.8 cm³/mol. The molecule has 4 rings (SSSR count). The Morgan fingerprint density at radius 1 is 0.455 bits per heavy atom. The standard InChI is InChI=1S/C20H15N.S/c1-3-11-17-15(7-1)9-5-13-19(17)21-20-14-6-10-16-8-2-4-12-18(16)20;/h1-14,21H;. The fraction of sp³-hybridized carbons (Fsp3) is 0. The fourth-order valence-corrected chi connectivity index (χ4v) is 2.81. The molecular formula is C20H15NS. The molecule has 4 aromatic rings. The molecule has 0 fully saturated rings. The van der Waals surface area contributed by atoms with E-state index in [1.54, 1.807) is 0 Å². The van der Waals surface area contributed by atoms with E-state index in [9.17, 15) is 0 Å². The number of rotatable bonds is 2. The van der Waals surface area contributed by atoms with Crippen molar-refractivity contribution in [2.75, 3.05) is 5.32 Å². The third kappa shape index (κ3) is 2.53. The molecule has 1 N–H and O–H groups in total. The smallest absolute Gasteiger partial charge is 0.0464 e. The van der Waals surface area contributed by atoms with Crippen LogP contribution >= 0.6 is 13.5 Å². The average Bonchev–Trinajstić information content (AvgIpc) is 2.56. The van der Waals surface area contributed by atoms with Crippen LogP contribution < -0.4 is 5.32 Å². The Balaban J connectivity index is 0.00000144. The molecule has 0 unspecified atom stereocenters. The van der Waals surface area contributed by atoms with Gasteiger partial charge in [-0.2, -0.15) is 0 Å². The highest BCUT2D eigenvalue weighted by atomic mass is 32.1. The van der Waals surface area contributed by atoms with Gasteiger partial charge in [0.2, 0.25) is 0 Å². The minimum atomic E-state index is 0. The normalized spacial score (nSPS) is 10.4. The molecule has 0 heterocycles. The summed E-state index contributed by atoms with van der Waals surface area (Å²) >= 11 is 0. The van der Waals surface area contributed by atoms with Gasteiger partial charge in [0.05, 0.1) is 0 Å². The van der Waals surface area contributed by atoms with E-state index < -0.39 is 0 Å². The van der Waals surface area contributed by atoms with Crippen LogP contribution in [0.2, 0.25) is 0 Å². The summed E-state index contributed by atoms with van der Waals surface area (Å²) in [6, 6.07) is 29.6. The van der Waals surface area contributed by atoms with Crippen LogP contribution in [0.1, 0.15) is 0 Å². The molecule has 2 heteroatoms. The van der Waals surface area contributed by atoms with Crippen LogP contribution in [0.4, 0.5) is 11.4 Å². The zero-order chi connectivity index (χ0) is 14.1. The summed E-state index contributed by atoms with van der Waals surface area (Å²) in [4.78, 5) is 0. The Morgan fingerprint density at radius 2 is 0.864 bits per heavy atom. The van der Waals surface area contributed by atoms with Crippen molar-refractivity contribution >= 4 is 46.4 Å². The number of benzene rings is 4. The van der Waals surface area contributed by atoms with Crippen LogP contribution in [0.15, 0.2) is 84.9 Å². The van der Waals surface area contributed by atoms with Crippen molar-refractivity contribution in [3.8, 4) is 0 Å².